The second kappa shape index (κ2) is 7.21. The van der Waals surface area contributed by atoms with Crippen molar-refractivity contribution in [1.29, 1.82) is 0 Å². The van der Waals surface area contributed by atoms with Crippen molar-refractivity contribution in [3.63, 3.8) is 0 Å². The van der Waals surface area contributed by atoms with E-state index >= 15 is 0 Å². The third-order valence-electron chi connectivity index (χ3n) is 3.79. The van der Waals surface area contributed by atoms with Crippen molar-refractivity contribution in [2.45, 2.75) is 44.8 Å². The number of carboxylic acid groups (broad SMARTS) is 1. The van der Waals surface area contributed by atoms with Crippen LogP contribution in [-0.4, -0.2) is 51.3 Å². The normalized spacial score (nSPS) is 19.4. The standard InChI is InChI=1S/C14H22N4O3/c1-15-14(21)12-4-2-3-6-17(12)9-11-8-16-18(10-11)7-5-13(19)20/h8,10,12H,2-7,9H2,1H3,(H,15,21)(H,19,20)/t12-/m0/s1. The summed E-state index contributed by atoms with van der Waals surface area (Å²) in [5, 5.41) is 15.6. The largest absolute Gasteiger partial charge is 0.481 e. The number of carboxylic acids is 1. The van der Waals surface area contributed by atoms with E-state index in [9.17, 15) is 9.59 Å². The molecule has 0 spiro atoms. The number of hydrogen-bond donors (Lipinski definition) is 2. The van der Waals surface area contributed by atoms with Gasteiger partial charge in [-0.3, -0.25) is 19.2 Å². The zero-order valence-electron chi connectivity index (χ0n) is 12.3. The number of amides is 1. The Labute approximate surface area is 123 Å². The van der Waals surface area contributed by atoms with E-state index < -0.39 is 5.97 Å². The van der Waals surface area contributed by atoms with E-state index in [4.69, 9.17) is 5.11 Å². The predicted molar refractivity (Wildman–Crippen MR) is 76.6 cm³/mol. The average molecular weight is 294 g/mol. The zero-order chi connectivity index (χ0) is 15.2. The summed E-state index contributed by atoms with van der Waals surface area (Å²) in [5.41, 5.74) is 1.01. The summed E-state index contributed by atoms with van der Waals surface area (Å²) in [6.45, 7) is 1.94. The fraction of sp³-hybridized carbons (Fsp3) is 0.643. The monoisotopic (exact) mass is 294 g/mol. The molecule has 0 unspecified atom stereocenters. The fourth-order valence-electron chi connectivity index (χ4n) is 2.70. The molecule has 0 aliphatic carbocycles. The first-order chi connectivity index (χ1) is 10.1. The number of hydrogen-bond acceptors (Lipinski definition) is 4. The van der Waals surface area contributed by atoms with E-state index in [1.807, 2.05) is 6.20 Å². The van der Waals surface area contributed by atoms with Crippen molar-refractivity contribution in [3.05, 3.63) is 18.0 Å². The van der Waals surface area contributed by atoms with Crippen LogP contribution in [0, 0.1) is 0 Å². The van der Waals surface area contributed by atoms with Crippen molar-refractivity contribution >= 4 is 11.9 Å². The summed E-state index contributed by atoms with van der Waals surface area (Å²) in [4.78, 5) is 24.6. The summed E-state index contributed by atoms with van der Waals surface area (Å²) in [6.07, 6.45) is 6.72. The molecule has 21 heavy (non-hydrogen) atoms. The number of piperidine rings is 1. The lowest BCUT2D eigenvalue weighted by Crippen LogP contribution is -2.48. The molecule has 1 fully saturated rings. The number of carbonyl (C=O) groups excluding carboxylic acids is 1. The summed E-state index contributed by atoms with van der Waals surface area (Å²) in [5.74, 6) is -0.768. The second-order valence-electron chi connectivity index (χ2n) is 5.35. The van der Waals surface area contributed by atoms with Crippen LogP contribution in [0.4, 0.5) is 0 Å². The van der Waals surface area contributed by atoms with Gasteiger partial charge in [-0.25, -0.2) is 0 Å². The number of aliphatic carboxylic acids is 1. The van der Waals surface area contributed by atoms with Gasteiger partial charge < -0.3 is 10.4 Å². The lowest BCUT2D eigenvalue weighted by Gasteiger charge is -2.33. The van der Waals surface area contributed by atoms with Gasteiger partial charge in [-0.1, -0.05) is 6.42 Å². The molecule has 116 valence electrons. The highest BCUT2D eigenvalue weighted by atomic mass is 16.4. The molecule has 1 saturated heterocycles. The number of likely N-dealkylation sites (N-methyl/N-ethyl adjacent to an activating group) is 1. The number of aromatic nitrogens is 2. The fourth-order valence-corrected chi connectivity index (χ4v) is 2.70. The minimum absolute atomic E-state index is 0.0612. The Morgan fingerprint density at radius 1 is 1.48 bits per heavy atom. The van der Waals surface area contributed by atoms with E-state index in [0.717, 1.165) is 31.4 Å². The highest BCUT2D eigenvalue weighted by Crippen LogP contribution is 2.19. The van der Waals surface area contributed by atoms with Crippen molar-refractivity contribution in [3.8, 4) is 0 Å². The molecule has 2 heterocycles. The SMILES string of the molecule is CNC(=O)[C@@H]1CCCCN1Cc1cnn(CCC(=O)O)c1. The Kier molecular flexibility index (Phi) is 5.32. The van der Waals surface area contributed by atoms with Crippen LogP contribution in [-0.2, 0) is 22.7 Å². The number of nitrogens with zero attached hydrogens (tertiary/aromatic N) is 3. The van der Waals surface area contributed by atoms with Gasteiger partial charge in [-0.2, -0.15) is 5.10 Å². The van der Waals surface area contributed by atoms with Crippen LogP contribution in [0.5, 0.6) is 0 Å². The number of carbonyl (C=O) groups is 2. The number of likely N-dealkylation sites (tertiary alicyclic amines) is 1. The Morgan fingerprint density at radius 2 is 2.29 bits per heavy atom. The maximum atomic E-state index is 11.9. The molecule has 2 N–H and O–H groups in total. The lowest BCUT2D eigenvalue weighted by atomic mass is 10.0. The van der Waals surface area contributed by atoms with Gasteiger partial charge in [0.15, 0.2) is 0 Å². The lowest BCUT2D eigenvalue weighted by molar-refractivity contribution is -0.137. The molecule has 0 aromatic carbocycles. The summed E-state index contributed by atoms with van der Waals surface area (Å²) >= 11 is 0. The molecule has 1 aromatic heterocycles. The van der Waals surface area contributed by atoms with Crippen molar-refractivity contribution < 1.29 is 14.7 Å². The average Bonchev–Trinajstić information content (AvgIpc) is 2.92. The van der Waals surface area contributed by atoms with Crippen LogP contribution in [0.15, 0.2) is 12.4 Å². The van der Waals surface area contributed by atoms with Gasteiger partial charge in [0.2, 0.25) is 5.91 Å². The van der Waals surface area contributed by atoms with Crippen molar-refractivity contribution in [1.82, 2.24) is 20.0 Å². The first-order valence-electron chi connectivity index (χ1n) is 7.29. The minimum Gasteiger partial charge on any atom is -0.481 e. The van der Waals surface area contributed by atoms with E-state index in [-0.39, 0.29) is 18.4 Å². The molecule has 1 atom stereocenters. The minimum atomic E-state index is -0.831. The third-order valence-corrected chi connectivity index (χ3v) is 3.79. The van der Waals surface area contributed by atoms with Crippen LogP contribution in [0.2, 0.25) is 0 Å². The van der Waals surface area contributed by atoms with Crippen molar-refractivity contribution in [2.75, 3.05) is 13.6 Å². The van der Waals surface area contributed by atoms with Crippen LogP contribution >= 0.6 is 0 Å². The van der Waals surface area contributed by atoms with Crippen LogP contribution in [0.1, 0.15) is 31.2 Å². The molecular formula is C14H22N4O3. The molecule has 0 saturated carbocycles. The van der Waals surface area contributed by atoms with Crippen molar-refractivity contribution in [2.24, 2.45) is 0 Å². The second-order valence-corrected chi connectivity index (χ2v) is 5.35. The van der Waals surface area contributed by atoms with Gasteiger partial charge in [-0.15, -0.1) is 0 Å². The van der Waals surface area contributed by atoms with E-state index in [2.05, 4.69) is 15.3 Å². The summed E-state index contributed by atoms with van der Waals surface area (Å²) in [7, 11) is 1.67. The Bertz CT molecular complexity index is 500. The smallest absolute Gasteiger partial charge is 0.305 e. The highest BCUT2D eigenvalue weighted by molar-refractivity contribution is 5.81. The number of rotatable bonds is 6. The van der Waals surface area contributed by atoms with Gasteiger partial charge >= 0.3 is 5.97 Å². The molecular weight excluding hydrogens is 272 g/mol. The molecule has 2 rings (SSSR count). The van der Waals surface area contributed by atoms with Gasteiger partial charge in [0.05, 0.1) is 25.2 Å². The Hall–Kier alpha value is -1.89. The van der Waals surface area contributed by atoms with E-state index in [1.54, 1.807) is 17.9 Å². The third kappa shape index (κ3) is 4.29. The van der Waals surface area contributed by atoms with E-state index in [0.29, 0.717) is 13.1 Å². The first-order valence-corrected chi connectivity index (χ1v) is 7.29. The van der Waals surface area contributed by atoms with Gasteiger partial charge in [0.1, 0.15) is 0 Å². The quantitative estimate of drug-likeness (QED) is 0.796. The van der Waals surface area contributed by atoms with E-state index in [1.165, 1.54) is 0 Å². The topological polar surface area (TPSA) is 87.5 Å². The Balaban J connectivity index is 1.95. The van der Waals surface area contributed by atoms with Crippen LogP contribution < -0.4 is 5.32 Å². The van der Waals surface area contributed by atoms with Crippen LogP contribution in [0.25, 0.3) is 0 Å². The summed E-state index contributed by atoms with van der Waals surface area (Å²) in [6, 6.07) is -0.0777. The number of aryl methyl sites for hydroxylation is 1. The zero-order valence-corrected chi connectivity index (χ0v) is 12.3. The molecule has 1 amide bonds. The molecule has 1 aliphatic rings. The molecule has 1 aliphatic heterocycles. The highest BCUT2D eigenvalue weighted by Gasteiger charge is 2.28. The maximum Gasteiger partial charge on any atom is 0.305 e. The Morgan fingerprint density at radius 3 is 3.00 bits per heavy atom. The van der Waals surface area contributed by atoms with Gasteiger partial charge in [0, 0.05) is 25.4 Å². The number of nitrogens with one attached hydrogen (secondary N) is 1. The molecule has 0 radical (unpaired) electrons. The predicted octanol–water partition coefficient (Wildman–Crippen LogP) is 0.458. The molecule has 7 nitrogen and oxygen atoms in total. The van der Waals surface area contributed by atoms with Gasteiger partial charge in [0.25, 0.3) is 0 Å². The van der Waals surface area contributed by atoms with Crippen LogP contribution in [0.3, 0.4) is 0 Å². The molecule has 0 bridgehead atoms. The molecule has 7 heteroatoms. The first kappa shape index (κ1) is 15.5. The maximum absolute atomic E-state index is 11.9. The summed E-state index contributed by atoms with van der Waals surface area (Å²) < 4.78 is 1.64. The van der Waals surface area contributed by atoms with Gasteiger partial charge in [-0.05, 0) is 19.4 Å². The molecule has 1 aromatic rings.